The van der Waals surface area contributed by atoms with Crippen molar-refractivity contribution < 1.29 is 4.74 Å². The minimum absolute atomic E-state index is 0.647. The lowest BCUT2D eigenvalue weighted by Gasteiger charge is -2.19. The van der Waals surface area contributed by atoms with Crippen LogP contribution < -0.4 is 4.74 Å². The first-order valence-electron chi connectivity index (χ1n) is 5.86. The van der Waals surface area contributed by atoms with Gasteiger partial charge in [0.2, 0.25) is 5.88 Å². The van der Waals surface area contributed by atoms with Crippen LogP contribution in [0.25, 0.3) is 21.9 Å². The average molecular weight is 234 g/mol. The summed E-state index contributed by atoms with van der Waals surface area (Å²) in [7, 11) is 0. The van der Waals surface area contributed by atoms with Crippen molar-refractivity contribution in [1.82, 2.24) is 9.97 Å². The number of ether oxygens (including phenoxy) is 1. The molecule has 4 rings (SSSR count). The summed E-state index contributed by atoms with van der Waals surface area (Å²) in [5.74, 6) is 2.24. The third-order valence-electron chi connectivity index (χ3n) is 3.24. The summed E-state index contributed by atoms with van der Waals surface area (Å²) in [6.45, 7) is 1.87. The van der Waals surface area contributed by atoms with E-state index in [0.29, 0.717) is 5.88 Å². The zero-order valence-electron chi connectivity index (χ0n) is 9.84. The van der Waals surface area contributed by atoms with E-state index in [-0.39, 0.29) is 0 Å². The van der Waals surface area contributed by atoms with E-state index in [9.17, 15) is 0 Å². The van der Waals surface area contributed by atoms with Gasteiger partial charge in [0.1, 0.15) is 11.6 Å². The molecule has 1 aliphatic heterocycles. The molecule has 0 radical (unpaired) electrons. The van der Waals surface area contributed by atoms with Crippen LogP contribution in [0.4, 0.5) is 0 Å². The normalized spacial score (nSPS) is 12.1. The number of hydrogen-bond donors (Lipinski definition) is 0. The van der Waals surface area contributed by atoms with Gasteiger partial charge in [0.25, 0.3) is 0 Å². The van der Waals surface area contributed by atoms with Crippen LogP contribution >= 0.6 is 0 Å². The highest BCUT2D eigenvalue weighted by Gasteiger charge is 2.20. The Labute approximate surface area is 104 Å². The van der Waals surface area contributed by atoms with Crippen LogP contribution in [-0.4, -0.2) is 9.97 Å². The molecular weight excluding hydrogens is 224 g/mol. The number of nitrogens with zero attached hydrogens (tertiary/aromatic N) is 2. The van der Waals surface area contributed by atoms with Gasteiger partial charge >= 0.3 is 0 Å². The van der Waals surface area contributed by atoms with Gasteiger partial charge in [-0.3, -0.25) is 0 Å². The fourth-order valence-corrected chi connectivity index (χ4v) is 2.43. The summed E-state index contributed by atoms with van der Waals surface area (Å²) in [5, 5.41) is 2.32. The highest BCUT2D eigenvalue weighted by atomic mass is 16.5. The highest BCUT2D eigenvalue weighted by molar-refractivity contribution is 6.03. The van der Waals surface area contributed by atoms with E-state index in [4.69, 9.17) is 4.74 Å². The lowest BCUT2D eigenvalue weighted by Crippen LogP contribution is -2.01. The van der Waals surface area contributed by atoms with Gasteiger partial charge < -0.3 is 4.74 Å². The summed E-state index contributed by atoms with van der Waals surface area (Å²) < 4.78 is 5.88. The Bertz CT molecular complexity index is 775. The van der Waals surface area contributed by atoms with Gasteiger partial charge in [-0.25, -0.2) is 4.98 Å². The van der Waals surface area contributed by atoms with E-state index in [1.807, 2.05) is 25.3 Å². The number of hydrogen-bond acceptors (Lipinski definition) is 3. The molecule has 3 aromatic rings. The molecular formula is C15H10N2O. The van der Waals surface area contributed by atoms with E-state index in [1.54, 1.807) is 0 Å². The first-order valence-corrected chi connectivity index (χ1v) is 5.86. The first-order chi connectivity index (χ1) is 8.83. The SMILES string of the molecule is Cc1ncc2c(n1)Oc1cccc3cccc-2c13. The molecule has 0 atom stereocenters. The summed E-state index contributed by atoms with van der Waals surface area (Å²) in [6.07, 6.45) is 1.84. The van der Waals surface area contributed by atoms with E-state index >= 15 is 0 Å². The zero-order chi connectivity index (χ0) is 12.1. The van der Waals surface area contributed by atoms with Gasteiger partial charge in [0.05, 0.1) is 5.56 Å². The molecule has 3 nitrogen and oxygen atoms in total. The summed E-state index contributed by atoms with van der Waals surface area (Å²) in [6, 6.07) is 12.3. The lowest BCUT2D eigenvalue weighted by atomic mass is 9.97. The largest absolute Gasteiger partial charge is 0.438 e. The molecule has 2 aromatic carbocycles. The third-order valence-corrected chi connectivity index (χ3v) is 3.24. The summed E-state index contributed by atoms with van der Waals surface area (Å²) in [5.41, 5.74) is 2.11. The van der Waals surface area contributed by atoms with Crippen molar-refractivity contribution in [2.24, 2.45) is 0 Å². The molecule has 0 saturated heterocycles. The van der Waals surface area contributed by atoms with E-state index < -0.39 is 0 Å². The third kappa shape index (κ3) is 1.19. The topological polar surface area (TPSA) is 35.0 Å². The Morgan fingerprint density at radius 1 is 1.00 bits per heavy atom. The molecule has 3 heteroatoms. The molecule has 1 aromatic heterocycles. The van der Waals surface area contributed by atoms with Crippen LogP contribution in [0, 0.1) is 6.92 Å². The second kappa shape index (κ2) is 3.29. The number of rotatable bonds is 0. The average Bonchev–Trinajstić information content (AvgIpc) is 2.39. The van der Waals surface area contributed by atoms with Gasteiger partial charge in [-0.2, -0.15) is 4.98 Å². The van der Waals surface area contributed by atoms with Crippen molar-refractivity contribution in [2.45, 2.75) is 6.92 Å². The van der Waals surface area contributed by atoms with Crippen molar-refractivity contribution >= 4 is 10.8 Å². The maximum absolute atomic E-state index is 5.88. The van der Waals surface area contributed by atoms with Gasteiger partial charge in [-0.05, 0) is 18.4 Å². The Kier molecular flexibility index (Phi) is 1.75. The molecule has 2 heterocycles. The van der Waals surface area contributed by atoms with Crippen LogP contribution in [0.15, 0.2) is 42.6 Å². The molecule has 1 aliphatic rings. The molecule has 0 bridgehead atoms. The molecule has 18 heavy (non-hydrogen) atoms. The van der Waals surface area contributed by atoms with E-state index in [2.05, 4.69) is 34.2 Å². The van der Waals surface area contributed by atoms with Crippen molar-refractivity contribution in [2.75, 3.05) is 0 Å². The van der Waals surface area contributed by atoms with Crippen molar-refractivity contribution in [1.29, 1.82) is 0 Å². The quantitative estimate of drug-likeness (QED) is 0.465. The molecule has 0 amide bonds. The van der Waals surface area contributed by atoms with Gasteiger partial charge in [0.15, 0.2) is 0 Å². The number of aryl methyl sites for hydroxylation is 1. The molecule has 86 valence electrons. The Hall–Kier alpha value is -2.42. The van der Waals surface area contributed by atoms with Gasteiger partial charge in [-0.15, -0.1) is 0 Å². The second-order valence-corrected chi connectivity index (χ2v) is 4.40. The predicted octanol–water partition coefficient (Wildman–Crippen LogP) is 3.71. The lowest BCUT2D eigenvalue weighted by molar-refractivity contribution is 0.464. The van der Waals surface area contributed by atoms with Crippen molar-refractivity contribution in [3.05, 3.63) is 48.4 Å². The minimum Gasteiger partial charge on any atom is -0.438 e. The zero-order valence-corrected chi connectivity index (χ0v) is 9.84. The van der Waals surface area contributed by atoms with Gasteiger partial charge in [0, 0.05) is 17.1 Å². The van der Waals surface area contributed by atoms with Crippen LogP contribution in [0.5, 0.6) is 11.6 Å². The van der Waals surface area contributed by atoms with Gasteiger partial charge in [-0.1, -0.05) is 30.3 Å². The molecule has 0 saturated carbocycles. The Balaban J connectivity index is 2.17. The highest BCUT2D eigenvalue weighted by Crippen LogP contribution is 2.44. The fourth-order valence-electron chi connectivity index (χ4n) is 2.43. The monoisotopic (exact) mass is 234 g/mol. The number of fused-ring (bicyclic) bond motifs is 2. The number of benzene rings is 2. The molecule has 0 unspecified atom stereocenters. The molecule has 0 spiro atoms. The second-order valence-electron chi connectivity index (χ2n) is 4.40. The molecule has 0 N–H and O–H groups in total. The summed E-state index contributed by atoms with van der Waals surface area (Å²) in [4.78, 5) is 8.63. The van der Waals surface area contributed by atoms with E-state index in [1.165, 1.54) is 5.39 Å². The predicted molar refractivity (Wildman–Crippen MR) is 69.8 cm³/mol. The fraction of sp³-hybridized carbons (Fsp3) is 0.0667. The van der Waals surface area contributed by atoms with E-state index in [0.717, 1.165) is 28.1 Å². The van der Waals surface area contributed by atoms with Crippen LogP contribution in [0.3, 0.4) is 0 Å². The Morgan fingerprint density at radius 2 is 1.83 bits per heavy atom. The van der Waals surface area contributed by atoms with Crippen LogP contribution in [0.2, 0.25) is 0 Å². The van der Waals surface area contributed by atoms with Crippen LogP contribution in [-0.2, 0) is 0 Å². The standard InChI is InChI=1S/C15H10N2O/c1-9-16-8-12-11-6-2-4-10-5-3-7-13(14(10)11)18-15(12)17-9/h2-8H,1H3. The summed E-state index contributed by atoms with van der Waals surface area (Å²) >= 11 is 0. The van der Waals surface area contributed by atoms with Crippen LogP contribution in [0.1, 0.15) is 5.82 Å². The number of aromatic nitrogens is 2. The van der Waals surface area contributed by atoms with Crippen molar-refractivity contribution in [3.63, 3.8) is 0 Å². The maximum atomic E-state index is 5.88. The molecule has 0 fully saturated rings. The molecule has 0 aliphatic carbocycles. The smallest absolute Gasteiger partial charge is 0.230 e. The van der Waals surface area contributed by atoms with Crippen molar-refractivity contribution in [3.8, 4) is 22.8 Å². The minimum atomic E-state index is 0.647. The first kappa shape index (κ1) is 9.59. The maximum Gasteiger partial charge on any atom is 0.230 e. The Morgan fingerprint density at radius 3 is 2.72 bits per heavy atom.